The van der Waals surface area contributed by atoms with E-state index in [2.05, 4.69) is 51.1 Å². The zero-order valence-electron chi connectivity index (χ0n) is 10.2. The van der Waals surface area contributed by atoms with Crippen LogP contribution in [0.2, 0.25) is 0 Å². The van der Waals surface area contributed by atoms with Gasteiger partial charge in [-0.05, 0) is 30.0 Å². The van der Waals surface area contributed by atoms with Gasteiger partial charge in [0.1, 0.15) is 0 Å². The molecule has 0 radical (unpaired) electrons. The average molecular weight is 222 g/mol. The van der Waals surface area contributed by atoms with E-state index < -0.39 is 0 Å². The van der Waals surface area contributed by atoms with Gasteiger partial charge in [-0.25, -0.2) is 0 Å². The van der Waals surface area contributed by atoms with Crippen LogP contribution in [-0.2, 0) is 0 Å². The van der Waals surface area contributed by atoms with Crippen molar-refractivity contribution in [1.82, 2.24) is 0 Å². The predicted octanol–water partition coefficient (Wildman–Crippen LogP) is 4.39. The van der Waals surface area contributed by atoms with Crippen molar-refractivity contribution < 1.29 is 0 Å². The summed E-state index contributed by atoms with van der Waals surface area (Å²) in [6, 6.07) is 11.1. The molecule has 0 aliphatic rings. The van der Waals surface area contributed by atoms with Crippen LogP contribution in [0.1, 0.15) is 40.0 Å². The molecule has 0 spiro atoms. The van der Waals surface area contributed by atoms with Gasteiger partial charge in [-0.1, -0.05) is 65.4 Å². The maximum atomic E-state index is 2.34. The Bertz CT molecular complexity index is 255. The Hall–Kier alpha value is -0.350. The SMILES string of the molecule is CCCC(CC)P(CC)c1ccccc1. The van der Waals surface area contributed by atoms with Crippen molar-refractivity contribution in [3.05, 3.63) is 30.3 Å². The number of rotatable bonds is 6. The Balaban J connectivity index is 2.77. The van der Waals surface area contributed by atoms with Gasteiger partial charge < -0.3 is 0 Å². The number of hydrogen-bond acceptors (Lipinski definition) is 0. The lowest BCUT2D eigenvalue weighted by Crippen LogP contribution is -2.14. The molecule has 1 aromatic rings. The molecule has 0 aliphatic heterocycles. The summed E-state index contributed by atoms with van der Waals surface area (Å²) in [7, 11) is 0.0770. The van der Waals surface area contributed by atoms with Crippen molar-refractivity contribution in [1.29, 1.82) is 0 Å². The van der Waals surface area contributed by atoms with Crippen molar-refractivity contribution in [2.75, 3.05) is 6.16 Å². The smallest absolute Gasteiger partial charge is 0.0172 e. The first-order valence-electron chi connectivity index (χ1n) is 6.15. The molecular weight excluding hydrogens is 199 g/mol. The first-order valence-corrected chi connectivity index (χ1v) is 7.74. The first-order chi connectivity index (χ1) is 7.33. The summed E-state index contributed by atoms with van der Waals surface area (Å²) < 4.78 is 0. The third-order valence-electron chi connectivity index (χ3n) is 2.96. The van der Waals surface area contributed by atoms with Gasteiger partial charge in [-0.3, -0.25) is 0 Å². The van der Waals surface area contributed by atoms with Gasteiger partial charge >= 0.3 is 0 Å². The van der Waals surface area contributed by atoms with Gasteiger partial charge in [-0.15, -0.1) is 0 Å². The second-order valence-electron chi connectivity index (χ2n) is 3.97. The van der Waals surface area contributed by atoms with E-state index in [1.807, 2.05) is 0 Å². The molecule has 2 unspecified atom stereocenters. The number of hydrogen-bond donors (Lipinski definition) is 0. The zero-order valence-corrected chi connectivity index (χ0v) is 11.1. The fraction of sp³-hybridized carbons (Fsp3) is 0.571. The summed E-state index contributed by atoms with van der Waals surface area (Å²) in [5.41, 5.74) is 0.928. The second kappa shape index (κ2) is 7.01. The molecule has 0 aromatic heterocycles. The van der Waals surface area contributed by atoms with Crippen molar-refractivity contribution in [3.63, 3.8) is 0 Å². The van der Waals surface area contributed by atoms with Gasteiger partial charge in [-0.2, -0.15) is 0 Å². The summed E-state index contributed by atoms with van der Waals surface area (Å²) >= 11 is 0. The van der Waals surface area contributed by atoms with Crippen LogP contribution < -0.4 is 5.30 Å². The van der Waals surface area contributed by atoms with Gasteiger partial charge in [0.2, 0.25) is 0 Å². The van der Waals surface area contributed by atoms with E-state index in [1.165, 1.54) is 25.4 Å². The van der Waals surface area contributed by atoms with E-state index in [0.717, 1.165) is 5.66 Å². The van der Waals surface area contributed by atoms with E-state index in [0.29, 0.717) is 0 Å². The maximum Gasteiger partial charge on any atom is -0.0172 e. The second-order valence-corrected chi connectivity index (χ2v) is 6.79. The normalized spacial score (nSPS) is 14.9. The predicted molar refractivity (Wildman–Crippen MR) is 72.5 cm³/mol. The number of benzene rings is 1. The Morgan fingerprint density at radius 3 is 2.20 bits per heavy atom. The summed E-state index contributed by atoms with van der Waals surface area (Å²) in [6.07, 6.45) is 5.38. The molecule has 1 rings (SSSR count). The van der Waals surface area contributed by atoms with E-state index in [1.54, 1.807) is 5.30 Å². The minimum Gasteiger partial charge on any atom is -0.0724 e. The third kappa shape index (κ3) is 3.61. The highest BCUT2D eigenvalue weighted by Gasteiger charge is 2.18. The molecule has 84 valence electrons. The lowest BCUT2D eigenvalue weighted by molar-refractivity contribution is 0.711. The van der Waals surface area contributed by atoms with E-state index in [9.17, 15) is 0 Å². The summed E-state index contributed by atoms with van der Waals surface area (Å²) in [6.45, 7) is 6.99. The van der Waals surface area contributed by atoms with E-state index in [4.69, 9.17) is 0 Å². The minimum absolute atomic E-state index is 0.0770. The van der Waals surface area contributed by atoms with Gasteiger partial charge in [0.15, 0.2) is 0 Å². The minimum atomic E-state index is 0.0770. The molecule has 1 heteroatoms. The lowest BCUT2D eigenvalue weighted by Gasteiger charge is -2.26. The van der Waals surface area contributed by atoms with Gasteiger partial charge in [0.05, 0.1) is 0 Å². The van der Waals surface area contributed by atoms with Crippen LogP contribution in [0, 0.1) is 0 Å². The molecule has 1 aromatic carbocycles. The molecule has 0 aliphatic carbocycles. The highest BCUT2D eigenvalue weighted by Crippen LogP contribution is 2.43. The summed E-state index contributed by atoms with van der Waals surface area (Å²) in [5, 5.41) is 1.59. The molecule has 15 heavy (non-hydrogen) atoms. The summed E-state index contributed by atoms with van der Waals surface area (Å²) in [4.78, 5) is 0. The fourth-order valence-electron chi connectivity index (χ4n) is 2.18. The lowest BCUT2D eigenvalue weighted by atomic mass is 10.2. The van der Waals surface area contributed by atoms with Crippen LogP contribution in [0.15, 0.2) is 30.3 Å². The molecule has 2 atom stereocenters. The van der Waals surface area contributed by atoms with Crippen molar-refractivity contribution in [2.45, 2.75) is 45.7 Å². The van der Waals surface area contributed by atoms with E-state index in [-0.39, 0.29) is 7.92 Å². The fourth-order valence-corrected chi connectivity index (χ4v) is 5.05. The molecule has 0 bridgehead atoms. The molecule has 0 fully saturated rings. The Morgan fingerprint density at radius 2 is 1.73 bits per heavy atom. The van der Waals surface area contributed by atoms with Gasteiger partial charge in [0.25, 0.3) is 0 Å². The van der Waals surface area contributed by atoms with Crippen molar-refractivity contribution >= 4 is 13.2 Å². The Morgan fingerprint density at radius 1 is 1.07 bits per heavy atom. The van der Waals surface area contributed by atoms with Crippen LogP contribution in [0.5, 0.6) is 0 Å². The van der Waals surface area contributed by atoms with Crippen LogP contribution in [0.25, 0.3) is 0 Å². The maximum absolute atomic E-state index is 2.34. The first kappa shape index (κ1) is 12.7. The monoisotopic (exact) mass is 222 g/mol. The quantitative estimate of drug-likeness (QED) is 0.626. The average Bonchev–Trinajstić information content (AvgIpc) is 2.30. The Kier molecular flexibility index (Phi) is 5.95. The molecule has 0 saturated carbocycles. The molecule has 0 N–H and O–H groups in total. The topological polar surface area (TPSA) is 0 Å². The Labute approximate surface area is 95.9 Å². The molecule has 0 saturated heterocycles. The van der Waals surface area contributed by atoms with Gasteiger partial charge in [0, 0.05) is 0 Å². The van der Waals surface area contributed by atoms with Crippen molar-refractivity contribution in [2.24, 2.45) is 0 Å². The van der Waals surface area contributed by atoms with Crippen LogP contribution in [0.4, 0.5) is 0 Å². The largest absolute Gasteiger partial charge is 0.0724 e. The molecule has 0 amide bonds. The highest BCUT2D eigenvalue weighted by molar-refractivity contribution is 7.66. The summed E-state index contributed by atoms with van der Waals surface area (Å²) in [5.74, 6) is 0. The highest BCUT2D eigenvalue weighted by atomic mass is 31.1. The van der Waals surface area contributed by atoms with Crippen LogP contribution >= 0.6 is 7.92 Å². The van der Waals surface area contributed by atoms with Crippen molar-refractivity contribution in [3.8, 4) is 0 Å². The molecule has 0 nitrogen and oxygen atoms in total. The van der Waals surface area contributed by atoms with Crippen LogP contribution in [-0.4, -0.2) is 11.8 Å². The van der Waals surface area contributed by atoms with Crippen LogP contribution in [0.3, 0.4) is 0 Å². The third-order valence-corrected chi connectivity index (χ3v) is 6.11. The molecular formula is C14H23P. The standard InChI is InChI=1S/C14H23P/c1-4-10-13(5-2)15(6-3)14-11-8-7-9-12-14/h7-9,11-13H,4-6,10H2,1-3H3. The zero-order chi connectivity index (χ0) is 11.1. The van der Waals surface area contributed by atoms with E-state index >= 15 is 0 Å². The molecule has 0 heterocycles.